The van der Waals surface area contributed by atoms with E-state index in [1.54, 1.807) is 12.4 Å². The van der Waals surface area contributed by atoms with Crippen molar-refractivity contribution in [3.05, 3.63) is 42.7 Å². The lowest BCUT2D eigenvalue weighted by molar-refractivity contribution is 0.589. The molecule has 5 heteroatoms. The molecule has 0 bridgehead atoms. The van der Waals surface area contributed by atoms with E-state index in [4.69, 9.17) is 0 Å². The summed E-state index contributed by atoms with van der Waals surface area (Å²) in [6.07, 6.45) is 3.54. The lowest BCUT2D eigenvalue weighted by Crippen LogP contribution is -2.43. The van der Waals surface area contributed by atoms with Crippen molar-refractivity contribution < 1.29 is 0 Å². The van der Waals surface area contributed by atoms with Crippen molar-refractivity contribution in [2.24, 2.45) is 0 Å². The third-order valence-electron chi connectivity index (χ3n) is 3.17. The summed E-state index contributed by atoms with van der Waals surface area (Å²) in [5.41, 5.74) is 2.34. The van der Waals surface area contributed by atoms with E-state index >= 15 is 0 Å². The molecule has 19 heavy (non-hydrogen) atoms. The molecule has 1 aliphatic rings. The highest BCUT2D eigenvalue weighted by molar-refractivity contribution is 5.85. The van der Waals surface area contributed by atoms with Gasteiger partial charge >= 0.3 is 0 Å². The Balaban J connectivity index is 0.00000133. The molecule has 1 aromatic carbocycles. The van der Waals surface area contributed by atoms with E-state index in [9.17, 15) is 0 Å². The number of nitrogens with one attached hydrogen (secondary N) is 1. The van der Waals surface area contributed by atoms with E-state index in [-0.39, 0.29) is 12.4 Å². The van der Waals surface area contributed by atoms with Gasteiger partial charge in [-0.05, 0) is 30.3 Å². The van der Waals surface area contributed by atoms with Gasteiger partial charge in [0.2, 0.25) is 0 Å². The van der Waals surface area contributed by atoms with Crippen LogP contribution in [-0.4, -0.2) is 36.1 Å². The molecule has 0 amide bonds. The van der Waals surface area contributed by atoms with Gasteiger partial charge in [-0.15, -0.1) is 12.4 Å². The number of nitrogens with zero attached hydrogens (tertiary/aromatic N) is 3. The number of anilines is 1. The van der Waals surface area contributed by atoms with Crippen LogP contribution in [-0.2, 0) is 0 Å². The molecule has 1 aromatic heterocycles. The maximum atomic E-state index is 4.26. The molecule has 0 spiro atoms. The Morgan fingerprint density at radius 1 is 0.947 bits per heavy atom. The van der Waals surface area contributed by atoms with Crippen LogP contribution in [0.3, 0.4) is 0 Å². The van der Waals surface area contributed by atoms with Crippen molar-refractivity contribution in [3.8, 4) is 11.4 Å². The number of benzene rings is 1. The molecular formula is C14H17ClN4. The first-order chi connectivity index (χ1) is 8.93. The summed E-state index contributed by atoms with van der Waals surface area (Å²) in [6, 6.07) is 10.3. The first kappa shape index (κ1) is 13.8. The molecule has 1 N–H and O–H groups in total. The molecule has 2 aromatic rings. The molecule has 0 saturated carbocycles. The molecule has 3 rings (SSSR count). The number of hydrogen-bond acceptors (Lipinski definition) is 4. The summed E-state index contributed by atoms with van der Waals surface area (Å²) in [7, 11) is 0. The zero-order chi connectivity index (χ0) is 12.2. The van der Waals surface area contributed by atoms with Gasteiger partial charge in [0.1, 0.15) is 0 Å². The monoisotopic (exact) mass is 276 g/mol. The van der Waals surface area contributed by atoms with E-state index in [1.165, 1.54) is 5.69 Å². The smallest absolute Gasteiger partial charge is 0.159 e. The van der Waals surface area contributed by atoms with Crippen LogP contribution in [0.25, 0.3) is 11.4 Å². The summed E-state index contributed by atoms with van der Waals surface area (Å²) >= 11 is 0. The van der Waals surface area contributed by atoms with Gasteiger partial charge in [0.25, 0.3) is 0 Å². The van der Waals surface area contributed by atoms with Crippen LogP contribution in [0.1, 0.15) is 0 Å². The maximum Gasteiger partial charge on any atom is 0.159 e. The van der Waals surface area contributed by atoms with Crippen LogP contribution in [0.4, 0.5) is 5.69 Å². The van der Waals surface area contributed by atoms with Crippen molar-refractivity contribution in [1.29, 1.82) is 0 Å². The van der Waals surface area contributed by atoms with E-state index in [2.05, 4.69) is 44.5 Å². The first-order valence-corrected chi connectivity index (χ1v) is 6.26. The van der Waals surface area contributed by atoms with Gasteiger partial charge in [0.15, 0.2) is 5.82 Å². The number of piperazine rings is 1. The van der Waals surface area contributed by atoms with Gasteiger partial charge in [-0.25, -0.2) is 9.97 Å². The molecule has 0 aliphatic carbocycles. The van der Waals surface area contributed by atoms with Crippen LogP contribution < -0.4 is 10.2 Å². The van der Waals surface area contributed by atoms with Gasteiger partial charge < -0.3 is 10.2 Å². The Morgan fingerprint density at radius 2 is 1.58 bits per heavy atom. The van der Waals surface area contributed by atoms with E-state index < -0.39 is 0 Å². The minimum absolute atomic E-state index is 0. The number of hydrogen-bond donors (Lipinski definition) is 1. The normalized spacial score (nSPS) is 14.8. The maximum absolute atomic E-state index is 4.26. The molecule has 0 unspecified atom stereocenters. The molecule has 0 radical (unpaired) electrons. The zero-order valence-corrected chi connectivity index (χ0v) is 11.4. The topological polar surface area (TPSA) is 41.1 Å². The van der Waals surface area contributed by atoms with Crippen molar-refractivity contribution >= 4 is 18.1 Å². The van der Waals surface area contributed by atoms with Crippen molar-refractivity contribution in [3.63, 3.8) is 0 Å². The number of rotatable bonds is 2. The predicted octanol–water partition coefficient (Wildman–Crippen LogP) is 1.97. The number of halogens is 1. The highest BCUT2D eigenvalue weighted by Gasteiger charge is 2.10. The van der Waals surface area contributed by atoms with Crippen LogP contribution in [0, 0.1) is 0 Å². The van der Waals surface area contributed by atoms with Gasteiger partial charge in [-0.2, -0.15) is 0 Å². The average Bonchev–Trinajstić information content (AvgIpc) is 2.49. The Hall–Kier alpha value is -1.65. The van der Waals surface area contributed by atoms with E-state index in [0.29, 0.717) is 0 Å². The minimum atomic E-state index is 0. The zero-order valence-electron chi connectivity index (χ0n) is 10.6. The lowest BCUT2D eigenvalue weighted by Gasteiger charge is -2.29. The Morgan fingerprint density at radius 3 is 2.21 bits per heavy atom. The molecule has 1 saturated heterocycles. The van der Waals surface area contributed by atoms with Crippen LogP contribution in [0.5, 0.6) is 0 Å². The Labute approximate surface area is 119 Å². The predicted molar refractivity (Wildman–Crippen MR) is 79.8 cm³/mol. The Bertz CT molecular complexity index is 495. The molecule has 1 fully saturated rings. The third kappa shape index (κ3) is 3.22. The molecular weight excluding hydrogens is 260 g/mol. The minimum Gasteiger partial charge on any atom is -0.369 e. The van der Waals surface area contributed by atoms with Crippen molar-refractivity contribution in [1.82, 2.24) is 15.3 Å². The van der Waals surface area contributed by atoms with Crippen molar-refractivity contribution in [2.45, 2.75) is 0 Å². The highest BCUT2D eigenvalue weighted by Crippen LogP contribution is 2.20. The van der Waals surface area contributed by atoms with E-state index in [0.717, 1.165) is 37.6 Å². The largest absolute Gasteiger partial charge is 0.369 e. The van der Waals surface area contributed by atoms with Gasteiger partial charge in [-0.3, -0.25) is 0 Å². The molecule has 1 aliphatic heterocycles. The lowest BCUT2D eigenvalue weighted by atomic mass is 10.1. The van der Waals surface area contributed by atoms with E-state index in [1.807, 2.05) is 6.07 Å². The summed E-state index contributed by atoms with van der Waals surface area (Å²) in [5, 5.41) is 3.36. The first-order valence-electron chi connectivity index (χ1n) is 6.26. The molecule has 100 valence electrons. The van der Waals surface area contributed by atoms with Crippen LogP contribution >= 0.6 is 12.4 Å². The third-order valence-corrected chi connectivity index (χ3v) is 3.17. The summed E-state index contributed by atoms with van der Waals surface area (Å²) in [4.78, 5) is 10.9. The average molecular weight is 277 g/mol. The van der Waals surface area contributed by atoms with Gasteiger partial charge in [0.05, 0.1) is 0 Å². The van der Waals surface area contributed by atoms with Crippen LogP contribution in [0.15, 0.2) is 42.7 Å². The fourth-order valence-corrected chi connectivity index (χ4v) is 2.19. The second-order valence-corrected chi connectivity index (χ2v) is 4.36. The van der Waals surface area contributed by atoms with Gasteiger partial charge in [0, 0.05) is 49.8 Å². The summed E-state index contributed by atoms with van der Waals surface area (Å²) in [6.45, 7) is 4.26. The fraction of sp³-hybridized carbons (Fsp3) is 0.286. The Kier molecular flexibility index (Phi) is 4.71. The summed E-state index contributed by atoms with van der Waals surface area (Å²) in [5.74, 6) is 0.782. The SMILES string of the molecule is Cl.c1cnc(-c2ccc(N3CCNCC3)cc2)nc1. The van der Waals surface area contributed by atoms with Gasteiger partial charge in [-0.1, -0.05) is 0 Å². The fourth-order valence-electron chi connectivity index (χ4n) is 2.19. The molecule has 0 atom stereocenters. The molecule has 2 heterocycles. The second-order valence-electron chi connectivity index (χ2n) is 4.36. The quantitative estimate of drug-likeness (QED) is 0.911. The molecule has 4 nitrogen and oxygen atoms in total. The highest BCUT2D eigenvalue weighted by atomic mass is 35.5. The van der Waals surface area contributed by atoms with Crippen molar-refractivity contribution in [2.75, 3.05) is 31.1 Å². The standard InChI is InChI=1S/C14H16N4.ClH/c1-6-16-14(17-7-1)12-2-4-13(5-3-12)18-10-8-15-9-11-18;/h1-7,15H,8-11H2;1H. The summed E-state index contributed by atoms with van der Waals surface area (Å²) < 4.78 is 0. The van der Waals surface area contributed by atoms with Crippen LogP contribution in [0.2, 0.25) is 0 Å². The second kappa shape index (κ2) is 6.50. The number of aromatic nitrogens is 2.